The molecule has 10 heteroatoms. The quantitative estimate of drug-likeness (QED) is 0.232. The molecule has 2 heterocycles. The molecule has 0 saturated carbocycles. The minimum absolute atomic E-state index is 0.0501. The number of carbonyl (C=O) groups excluding carboxylic acids is 4. The molecule has 0 aromatic heterocycles. The fourth-order valence-electron chi connectivity index (χ4n) is 5.55. The summed E-state index contributed by atoms with van der Waals surface area (Å²) in [6, 6.07) is 6.86. The summed E-state index contributed by atoms with van der Waals surface area (Å²) in [6.07, 6.45) is -0.247. The second-order valence-corrected chi connectivity index (χ2v) is 11.8. The molecule has 0 aliphatic carbocycles. The van der Waals surface area contributed by atoms with E-state index in [1.165, 1.54) is 27.9 Å². The van der Waals surface area contributed by atoms with Gasteiger partial charge in [-0.2, -0.15) is 0 Å². The van der Waals surface area contributed by atoms with Gasteiger partial charge >= 0.3 is 17.9 Å². The van der Waals surface area contributed by atoms with Crippen LogP contribution >= 0.6 is 0 Å². The smallest absolute Gasteiger partial charge is 0.308 e. The van der Waals surface area contributed by atoms with Crippen LogP contribution in [0.15, 0.2) is 24.3 Å². The molecule has 2 aliphatic heterocycles. The van der Waals surface area contributed by atoms with E-state index in [9.17, 15) is 19.2 Å². The lowest BCUT2D eigenvalue weighted by molar-refractivity contribution is -0.173. The number of fused-ring (bicyclic) bond motifs is 3. The molecule has 42 heavy (non-hydrogen) atoms. The van der Waals surface area contributed by atoms with Crippen LogP contribution in [-0.2, 0) is 36.7 Å². The van der Waals surface area contributed by atoms with Crippen LogP contribution in [-0.4, -0.2) is 48.1 Å². The van der Waals surface area contributed by atoms with Gasteiger partial charge in [0.25, 0.3) is 0 Å². The Morgan fingerprint density at radius 2 is 1.52 bits per heavy atom. The van der Waals surface area contributed by atoms with Gasteiger partial charge in [0.2, 0.25) is 0 Å². The lowest BCUT2D eigenvalue weighted by Crippen LogP contribution is -2.51. The van der Waals surface area contributed by atoms with E-state index in [1.54, 1.807) is 38.1 Å². The van der Waals surface area contributed by atoms with E-state index in [1.807, 2.05) is 13.8 Å². The van der Waals surface area contributed by atoms with E-state index < -0.39 is 41.3 Å². The fraction of sp³-hybridized carbons (Fsp3) is 0.500. The van der Waals surface area contributed by atoms with Crippen LogP contribution in [0.4, 0.5) is 0 Å². The molecular formula is C32H38O10. The Bertz CT molecular complexity index is 1400. The Balaban J connectivity index is 1.88. The van der Waals surface area contributed by atoms with Crippen molar-refractivity contribution in [2.45, 2.75) is 97.6 Å². The van der Waals surface area contributed by atoms with Crippen LogP contribution in [0.5, 0.6) is 23.0 Å². The number of ether oxygens (including phenoxy) is 6. The van der Waals surface area contributed by atoms with E-state index in [2.05, 4.69) is 0 Å². The molecule has 2 aromatic rings. The standard InChI is InChI=1S/C32H38O10/c1-17(33)38-21-12-9-20(10-13-21)11-14-23(36)24-26(39-18(2)34)22-15-16-31(4,5)41-27(22)25-28(24)42-32(6,7)30(37-8)29(25)40-19(3)35/h9-10,12-13,29-30H,11,14-16H2,1-8H3/t29-,30?/m0/s1. The van der Waals surface area contributed by atoms with Crippen molar-refractivity contribution >= 4 is 23.7 Å². The van der Waals surface area contributed by atoms with Gasteiger partial charge in [-0.15, -0.1) is 0 Å². The highest BCUT2D eigenvalue weighted by Crippen LogP contribution is 2.56. The molecule has 1 unspecified atom stereocenters. The largest absolute Gasteiger partial charge is 0.487 e. The molecule has 2 aromatic carbocycles. The zero-order chi connectivity index (χ0) is 31.0. The molecule has 2 atom stereocenters. The summed E-state index contributed by atoms with van der Waals surface area (Å²) in [5.74, 6) is -0.890. The summed E-state index contributed by atoms with van der Waals surface area (Å²) in [6.45, 7) is 11.3. The molecule has 0 bridgehead atoms. The summed E-state index contributed by atoms with van der Waals surface area (Å²) < 4.78 is 35.4. The van der Waals surface area contributed by atoms with E-state index in [-0.39, 0.29) is 29.3 Å². The summed E-state index contributed by atoms with van der Waals surface area (Å²) in [5.41, 5.74) is 0.211. The average Bonchev–Trinajstić information content (AvgIpc) is 2.86. The number of hydrogen-bond acceptors (Lipinski definition) is 10. The van der Waals surface area contributed by atoms with Crippen molar-refractivity contribution in [1.29, 1.82) is 0 Å². The van der Waals surface area contributed by atoms with Crippen molar-refractivity contribution < 1.29 is 47.6 Å². The molecule has 2 aliphatic rings. The first-order chi connectivity index (χ1) is 19.6. The first-order valence-electron chi connectivity index (χ1n) is 13.9. The second kappa shape index (κ2) is 11.8. The monoisotopic (exact) mass is 582 g/mol. The Hall–Kier alpha value is -3.92. The van der Waals surface area contributed by atoms with Gasteiger partial charge in [0.15, 0.2) is 17.6 Å². The first-order valence-corrected chi connectivity index (χ1v) is 13.9. The molecule has 10 nitrogen and oxygen atoms in total. The third-order valence-electron chi connectivity index (χ3n) is 7.35. The van der Waals surface area contributed by atoms with Crippen LogP contribution in [0.25, 0.3) is 0 Å². The van der Waals surface area contributed by atoms with Crippen molar-refractivity contribution in [3.8, 4) is 23.0 Å². The number of rotatable bonds is 8. The minimum Gasteiger partial charge on any atom is -0.487 e. The lowest BCUT2D eigenvalue weighted by atomic mass is 9.81. The van der Waals surface area contributed by atoms with Crippen LogP contribution < -0.4 is 18.9 Å². The highest BCUT2D eigenvalue weighted by Gasteiger charge is 2.52. The summed E-state index contributed by atoms with van der Waals surface area (Å²) in [7, 11) is 1.50. The van der Waals surface area contributed by atoms with Crippen LogP contribution in [0.3, 0.4) is 0 Å². The van der Waals surface area contributed by atoms with Gasteiger partial charge in [0.1, 0.15) is 40.1 Å². The Labute approximate surface area is 245 Å². The molecule has 226 valence electrons. The average molecular weight is 583 g/mol. The number of hydrogen-bond donors (Lipinski definition) is 0. The van der Waals surface area contributed by atoms with Gasteiger partial charge in [-0.1, -0.05) is 12.1 Å². The highest BCUT2D eigenvalue weighted by atomic mass is 16.6. The molecular weight excluding hydrogens is 544 g/mol. The lowest BCUT2D eigenvalue weighted by Gasteiger charge is -2.46. The molecule has 0 fully saturated rings. The maximum absolute atomic E-state index is 14.1. The van der Waals surface area contributed by atoms with E-state index in [0.29, 0.717) is 41.9 Å². The maximum Gasteiger partial charge on any atom is 0.308 e. The molecule has 0 spiro atoms. The zero-order valence-electron chi connectivity index (χ0n) is 25.4. The topological polar surface area (TPSA) is 124 Å². The third kappa shape index (κ3) is 6.43. The van der Waals surface area contributed by atoms with E-state index >= 15 is 0 Å². The van der Waals surface area contributed by atoms with Crippen molar-refractivity contribution in [2.24, 2.45) is 0 Å². The predicted molar refractivity (Wildman–Crippen MR) is 151 cm³/mol. The summed E-state index contributed by atoms with van der Waals surface area (Å²) in [5, 5.41) is 0. The number of Topliss-reactive ketones (excluding diaryl/α,β-unsaturated/α-hetero) is 1. The molecule has 0 amide bonds. The Morgan fingerprint density at radius 1 is 0.881 bits per heavy atom. The number of ketones is 1. The fourth-order valence-corrected chi connectivity index (χ4v) is 5.55. The van der Waals surface area contributed by atoms with Gasteiger partial charge in [0, 0.05) is 39.9 Å². The summed E-state index contributed by atoms with van der Waals surface area (Å²) in [4.78, 5) is 50.0. The van der Waals surface area contributed by atoms with Crippen molar-refractivity contribution in [3.05, 3.63) is 46.5 Å². The predicted octanol–water partition coefficient (Wildman–Crippen LogP) is 5.25. The normalized spacial score (nSPS) is 19.7. The number of methoxy groups -OCH3 is 1. The van der Waals surface area contributed by atoms with Crippen LogP contribution in [0.1, 0.15) is 94.5 Å². The number of esters is 3. The molecule has 0 radical (unpaired) electrons. The Morgan fingerprint density at radius 3 is 2.10 bits per heavy atom. The minimum atomic E-state index is -1.05. The van der Waals surface area contributed by atoms with Gasteiger partial charge in [-0.05, 0) is 64.7 Å². The summed E-state index contributed by atoms with van der Waals surface area (Å²) >= 11 is 0. The number of aryl methyl sites for hydroxylation is 1. The van der Waals surface area contributed by atoms with Gasteiger partial charge in [-0.25, -0.2) is 0 Å². The molecule has 4 rings (SSSR count). The van der Waals surface area contributed by atoms with Crippen molar-refractivity contribution in [3.63, 3.8) is 0 Å². The first kappa shape index (κ1) is 31.0. The number of benzene rings is 2. The van der Waals surface area contributed by atoms with Crippen molar-refractivity contribution in [2.75, 3.05) is 7.11 Å². The number of carbonyl (C=O) groups is 4. The van der Waals surface area contributed by atoms with E-state index in [0.717, 1.165) is 5.56 Å². The van der Waals surface area contributed by atoms with Gasteiger partial charge in [-0.3, -0.25) is 19.2 Å². The van der Waals surface area contributed by atoms with Crippen molar-refractivity contribution in [1.82, 2.24) is 0 Å². The second-order valence-electron chi connectivity index (χ2n) is 11.8. The Kier molecular flexibility index (Phi) is 8.68. The van der Waals surface area contributed by atoms with Crippen LogP contribution in [0, 0.1) is 0 Å². The highest BCUT2D eigenvalue weighted by molar-refractivity contribution is 6.04. The zero-order valence-corrected chi connectivity index (χ0v) is 25.4. The van der Waals surface area contributed by atoms with E-state index in [4.69, 9.17) is 28.4 Å². The maximum atomic E-state index is 14.1. The molecule has 0 saturated heterocycles. The molecule has 0 N–H and O–H groups in total. The SMILES string of the molecule is COC1[C@@H](OC(C)=O)c2c3c(c(OC(C)=O)c(C(=O)CCc4ccc(OC(C)=O)cc4)c2OC1(C)C)CCC(C)(C)O3. The van der Waals surface area contributed by atoms with Crippen LogP contribution in [0.2, 0.25) is 0 Å². The third-order valence-corrected chi connectivity index (χ3v) is 7.35. The van der Waals surface area contributed by atoms with Gasteiger partial charge in [0.05, 0.1) is 5.56 Å². The van der Waals surface area contributed by atoms with Gasteiger partial charge < -0.3 is 28.4 Å².